The Morgan fingerprint density at radius 3 is 2.15 bits per heavy atom. The molecular formula is C18H27Cl2FN4O2. The van der Waals surface area contributed by atoms with Gasteiger partial charge in [0.1, 0.15) is 5.82 Å². The van der Waals surface area contributed by atoms with Crippen molar-refractivity contribution in [3.63, 3.8) is 0 Å². The third-order valence-corrected chi connectivity index (χ3v) is 5.08. The summed E-state index contributed by atoms with van der Waals surface area (Å²) in [5, 5.41) is 2.75. The minimum Gasteiger partial charge on any atom is -0.339 e. The van der Waals surface area contributed by atoms with Crippen LogP contribution >= 0.6 is 24.8 Å². The van der Waals surface area contributed by atoms with Crippen LogP contribution < -0.4 is 11.1 Å². The second-order valence-electron chi connectivity index (χ2n) is 6.99. The van der Waals surface area contributed by atoms with Gasteiger partial charge in [-0.1, -0.05) is 12.8 Å². The first-order valence-electron chi connectivity index (χ1n) is 8.82. The lowest BCUT2D eigenvalue weighted by atomic mass is 9.97. The molecule has 1 heterocycles. The molecule has 2 amide bonds. The Balaban J connectivity index is 0.00000182. The first kappa shape index (κ1) is 23.6. The number of amides is 2. The summed E-state index contributed by atoms with van der Waals surface area (Å²) in [4.78, 5) is 28.5. The van der Waals surface area contributed by atoms with Gasteiger partial charge in [-0.2, -0.15) is 0 Å². The number of nitrogens with one attached hydrogen (secondary N) is 1. The average Bonchev–Trinajstić information content (AvgIpc) is 3.05. The van der Waals surface area contributed by atoms with Crippen molar-refractivity contribution in [1.82, 2.24) is 9.80 Å². The van der Waals surface area contributed by atoms with Gasteiger partial charge in [-0.05, 0) is 37.1 Å². The molecule has 0 unspecified atom stereocenters. The van der Waals surface area contributed by atoms with E-state index < -0.39 is 5.54 Å². The number of halogens is 3. The molecular weight excluding hydrogens is 394 g/mol. The van der Waals surface area contributed by atoms with Gasteiger partial charge in [0.2, 0.25) is 11.8 Å². The third kappa shape index (κ3) is 6.04. The number of anilines is 1. The predicted molar refractivity (Wildman–Crippen MR) is 108 cm³/mol. The molecule has 27 heavy (non-hydrogen) atoms. The fourth-order valence-electron chi connectivity index (χ4n) is 3.58. The molecule has 1 saturated heterocycles. The summed E-state index contributed by atoms with van der Waals surface area (Å²) in [5.74, 6) is -0.420. The standard InChI is InChI=1S/C18H25FN4O2.2ClH/c19-14-3-5-15(6-4-14)21-16(24)13-22-9-11-23(12-10-22)17(25)18(20)7-1-2-8-18;;/h3-6H,1-2,7-13,20H2,(H,21,24);2*1H. The molecule has 9 heteroatoms. The number of hydrogen-bond acceptors (Lipinski definition) is 4. The third-order valence-electron chi connectivity index (χ3n) is 5.08. The van der Waals surface area contributed by atoms with Crippen molar-refractivity contribution >= 4 is 42.3 Å². The van der Waals surface area contributed by atoms with Gasteiger partial charge in [0, 0.05) is 31.9 Å². The van der Waals surface area contributed by atoms with Gasteiger partial charge in [0.05, 0.1) is 12.1 Å². The van der Waals surface area contributed by atoms with Gasteiger partial charge in [-0.25, -0.2) is 4.39 Å². The maximum absolute atomic E-state index is 12.9. The van der Waals surface area contributed by atoms with E-state index in [1.807, 2.05) is 9.80 Å². The number of nitrogens with zero attached hydrogens (tertiary/aromatic N) is 2. The second-order valence-corrected chi connectivity index (χ2v) is 6.99. The molecule has 1 aliphatic heterocycles. The predicted octanol–water partition coefficient (Wildman–Crippen LogP) is 2.02. The van der Waals surface area contributed by atoms with E-state index in [2.05, 4.69) is 5.32 Å². The minimum absolute atomic E-state index is 0. The van der Waals surface area contributed by atoms with Crippen LogP contribution in [0.15, 0.2) is 24.3 Å². The topological polar surface area (TPSA) is 78.7 Å². The van der Waals surface area contributed by atoms with E-state index in [0.717, 1.165) is 25.7 Å². The second kappa shape index (κ2) is 10.2. The first-order valence-corrected chi connectivity index (χ1v) is 8.82. The highest BCUT2D eigenvalue weighted by Crippen LogP contribution is 2.29. The lowest BCUT2D eigenvalue weighted by Crippen LogP contribution is -2.58. The van der Waals surface area contributed by atoms with E-state index in [9.17, 15) is 14.0 Å². The first-order chi connectivity index (χ1) is 12.0. The number of rotatable bonds is 4. The quantitative estimate of drug-likeness (QED) is 0.780. The molecule has 2 fully saturated rings. The molecule has 3 rings (SSSR count). The molecule has 152 valence electrons. The van der Waals surface area contributed by atoms with Crippen LogP contribution in [0.2, 0.25) is 0 Å². The Morgan fingerprint density at radius 1 is 1.04 bits per heavy atom. The zero-order chi connectivity index (χ0) is 17.9. The van der Waals surface area contributed by atoms with E-state index in [1.165, 1.54) is 24.3 Å². The maximum atomic E-state index is 12.9. The number of benzene rings is 1. The monoisotopic (exact) mass is 420 g/mol. The highest BCUT2D eigenvalue weighted by molar-refractivity contribution is 5.92. The molecule has 0 spiro atoms. The van der Waals surface area contributed by atoms with Gasteiger partial charge in [-0.15, -0.1) is 24.8 Å². The number of hydrogen-bond donors (Lipinski definition) is 2. The SMILES string of the molecule is Cl.Cl.NC1(C(=O)N2CCN(CC(=O)Nc3ccc(F)cc3)CC2)CCCC1. The minimum atomic E-state index is -0.678. The summed E-state index contributed by atoms with van der Waals surface area (Å²) in [5.41, 5.74) is 6.15. The molecule has 1 aliphatic carbocycles. The maximum Gasteiger partial charge on any atom is 0.242 e. The fraction of sp³-hybridized carbons (Fsp3) is 0.556. The lowest BCUT2D eigenvalue weighted by Gasteiger charge is -2.38. The van der Waals surface area contributed by atoms with E-state index in [1.54, 1.807) is 0 Å². The van der Waals surface area contributed by atoms with Crippen molar-refractivity contribution in [2.75, 3.05) is 38.0 Å². The van der Waals surface area contributed by atoms with Crippen LogP contribution in [0.4, 0.5) is 10.1 Å². The number of piperazine rings is 1. The molecule has 1 saturated carbocycles. The van der Waals surface area contributed by atoms with Gasteiger partial charge in [-0.3, -0.25) is 14.5 Å². The smallest absolute Gasteiger partial charge is 0.242 e. The van der Waals surface area contributed by atoms with Crippen molar-refractivity contribution in [2.24, 2.45) is 5.73 Å². The summed E-state index contributed by atoms with van der Waals surface area (Å²) in [7, 11) is 0. The highest BCUT2D eigenvalue weighted by atomic mass is 35.5. The Morgan fingerprint density at radius 2 is 1.59 bits per heavy atom. The van der Waals surface area contributed by atoms with Crippen LogP contribution in [-0.2, 0) is 9.59 Å². The molecule has 1 aromatic carbocycles. The molecule has 0 atom stereocenters. The van der Waals surface area contributed by atoms with Crippen LogP contribution in [0.5, 0.6) is 0 Å². The molecule has 2 aliphatic rings. The molecule has 0 aromatic heterocycles. The fourth-order valence-corrected chi connectivity index (χ4v) is 3.58. The van der Waals surface area contributed by atoms with Crippen LogP contribution in [0.1, 0.15) is 25.7 Å². The molecule has 0 bridgehead atoms. The lowest BCUT2D eigenvalue weighted by molar-refractivity contribution is -0.138. The van der Waals surface area contributed by atoms with Gasteiger partial charge in [0.15, 0.2) is 0 Å². The molecule has 0 radical (unpaired) electrons. The number of carbonyl (C=O) groups is 2. The normalized spacial score (nSPS) is 19.0. The Bertz CT molecular complexity index is 631. The summed E-state index contributed by atoms with van der Waals surface area (Å²) in [6.07, 6.45) is 3.58. The Hall–Kier alpha value is -1.41. The molecule has 6 nitrogen and oxygen atoms in total. The van der Waals surface area contributed by atoms with Crippen molar-refractivity contribution in [2.45, 2.75) is 31.2 Å². The van der Waals surface area contributed by atoms with Gasteiger partial charge < -0.3 is 16.0 Å². The summed E-state index contributed by atoms with van der Waals surface area (Å²) in [6, 6.07) is 5.69. The highest BCUT2D eigenvalue weighted by Gasteiger charge is 2.40. The van der Waals surface area contributed by atoms with Crippen molar-refractivity contribution in [1.29, 1.82) is 0 Å². The summed E-state index contributed by atoms with van der Waals surface area (Å²) >= 11 is 0. The van der Waals surface area contributed by atoms with Crippen molar-refractivity contribution < 1.29 is 14.0 Å². The molecule has 3 N–H and O–H groups in total. The van der Waals surface area contributed by atoms with Crippen LogP contribution in [0.3, 0.4) is 0 Å². The van der Waals surface area contributed by atoms with Crippen LogP contribution in [0, 0.1) is 5.82 Å². The largest absolute Gasteiger partial charge is 0.339 e. The van der Waals surface area contributed by atoms with E-state index in [4.69, 9.17) is 5.73 Å². The van der Waals surface area contributed by atoms with Gasteiger partial charge >= 0.3 is 0 Å². The van der Waals surface area contributed by atoms with Crippen molar-refractivity contribution in [3.05, 3.63) is 30.1 Å². The van der Waals surface area contributed by atoms with Gasteiger partial charge in [0.25, 0.3) is 0 Å². The Labute approximate surface area is 171 Å². The van der Waals surface area contributed by atoms with Crippen LogP contribution in [-0.4, -0.2) is 59.9 Å². The number of nitrogens with two attached hydrogens (primary N) is 1. The molecule has 1 aromatic rings. The summed E-state index contributed by atoms with van der Waals surface area (Å²) in [6.45, 7) is 2.76. The van der Waals surface area contributed by atoms with Crippen molar-refractivity contribution in [3.8, 4) is 0 Å². The Kier molecular flexibility index (Phi) is 8.94. The van der Waals surface area contributed by atoms with E-state index in [0.29, 0.717) is 31.9 Å². The zero-order valence-corrected chi connectivity index (χ0v) is 16.8. The van der Waals surface area contributed by atoms with E-state index >= 15 is 0 Å². The van der Waals surface area contributed by atoms with Crippen LogP contribution in [0.25, 0.3) is 0 Å². The zero-order valence-electron chi connectivity index (χ0n) is 15.2. The average molecular weight is 421 g/mol. The van der Waals surface area contributed by atoms with E-state index in [-0.39, 0.29) is 49.0 Å². The summed E-state index contributed by atoms with van der Waals surface area (Å²) < 4.78 is 12.9. The number of carbonyl (C=O) groups excluding carboxylic acids is 2.